The maximum absolute atomic E-state index is 12.3. The number of phenolic OH excluding ortho intramolecular Hbond substituents is 1. The zero-order valence-electron chi connectivity index (χ0n) is 10.8. The molecule has 1 aliphatic rings. The Morgan fingerprint density at radius 3 is 2.72 bits per heavy atom. The molecule has 1 fully saturated rings. The molecule has 0 atom stereocenters. The Balaban J connectivity index is 2.17. The van der Waals surface area contributed by atoms with Crippen LogP contribution in [-0.2, 0) is 4.74 Å². The van der Waals surface area contributed by atoms with Gasteiger partial charge in [-0.25, -0.2) is 0 Å². The Morgan fingerprint density at radius 1 is 1.39 bits per heavy atom. The number of phenols is 1. The summed E-state index contributed by atoms with van der Waals surface area (Å²) in [5.41, 5.74) is 1.10. The number of hydrogen-bond acceptors (Lipinski definition) is 3. The molecule has 18 heavy (non-hydrogen) atoms. The molecule has 0 bridgehead atoms. The van der Waals surface area contributed by atoms with Crippen LogP contribution >= 0.6 is 0 Å². The van der Waals surface area contributed by atoms with Gasteiger partial charge in [0.1, 0.15) is 5.75 Å². The molecule has 0 aromatic heterocycles. The van der Waals surface area contributed by atoms with E-state index in [9.17, 15) is 9.90 Å². The van der Waals surface area contributed by atoms with Gasteiger partial charge in [0.15, 0.2) is 0 Å². The smallest absolute Gasteiger partial charge is 0.257 e. The van der Waals surface area contributed by atoms with Crippen molar-refractivity contribution >= 4 is 5.91 Å². The SMILES string of the molecule is Cc1cccc(C(=O)N(C)C2CCOCC2)c1O. The van der Waals surface area contributed by atoms with Crippen LogP contribution in [0.5, 0.6) is 5.75 Å². The third-order valence-electron chi connectivity index (χ3n) is 3.53. The van der Waals surface area contributed by atoms with E-state index in [4.69, 9.17) is 4.74 Å². The van der Waals surface area contributed by atoms with Crippen molar-refractivity contribution in [3.63, 3.8) is 0 Å². The van der Waals surface area contributed by atoms with Gasteiger partial charge in [0, 0.05) is 26.3 Å². The van der Waals surface area contributed by atoms with Gasteiger partial charge in [0.2, 0.25) is 0 Å². The van der Waals surface area contributed by atoms with Crippen molar-refractivity contribution < 1.29 is 14.6 Å². The summed E-state index contributed by atoms with van der Waals surface area (Å²) in [6, 6.07) is 5.45. The number of rotatable bonds is 2. The van der Waals surface area contributed by atoms with E-state index in [-0.39, 0.29) is 17.7 Å². The zero-order valence-corrected chi connectivity index (χ0v) is 10.8. The third-order valence-corrected chi connectivity index (χ3v) is 3.53. The van der Waals surface area contributed by atoms with E-state index in [1.165, 1.54) is 0 Å². The van der Waals surface area contributed by atoms with Crippen LogP contribution in [0.2, 0.25) is 0 Å². The molecule has 4 heteroatoms. The largest absolute Gasteiger partial charge is 0.507 e. The molecule has 4 nitrogen and oxygen atoms in total. The molecule has 1 amide bonds. The van der Waals surface area contributed by atoms with E-state index < -0.39 is 0 Å². The fourth-order valence-electron chi connectivity index (χ4n) is 2.26. The summed E-state index contributed by atoms with van der Waals surface area (Å²) < 4.78 is 5.29. The fourth-order valence-corrected chi connectivity index (χ4v) is 2.26. The number of carbonyl (C=O) groups is 1. The van der Waals surface area contributed by atoms with Crippen molar-refractivity contribution in [1.82, 2.24) is 4.90 Å². The average molecular weight is 249 g/mol. The quantitative estimate of drug-likeness (QED) is 0.871. The second kappa shape index (κ2) is 5.40. The van der Waals surface area contributed by atoms with Crippen LogP contribution in [0.3, 0.4) is 0 Å². The van der Waals surface area contributed by atoms with Crippen LogP contribution in [0.1, 0.15) is 28.8 Å². The number of aromatic hydroxyl groups is 1. The van der Waals surface area contributed by atoms with Gasteiger partial charge in [-0.1, -0.05) is 12.1 Å². The molecule has 2 rings (SSSR count). The van der Waals surface area contributed by atoms with E-state index >= 15 is 0 Å². The van der Waals surface area contributed by atoms with E-state index in [1.54, 1.807) is 37.1 Å². The van der Waals surface area contributed by atoms with E-state index in [2.05, 4.69) is 0 Å². The minimum atomic E-state index is -0.122. The first kappa shape index (κ1) is 12.9. The number of nitrogens with zero attached hydrogens (tertiary/aromatic N) is 1. The molecule has 98 valence electrons. The first-order valence-corrected chi connectivity index (χ1v) is 6.24. The fraction of sp³-hybridized carbons (Fsp3) is 0.500. The van der Waals surface area contributed by atoms with E-state index in [0.717, 1.165) is 18.4 Å². The number of hydrogen-bond donors (Lipinski definition) is 1. The lowest BCUT2D eigenvalue weighted by atomic mass is 10.0. The molecule has 1 aromatic carbocycles. The second-order valence-electron chi connectivity index (χ2n) is 4.73. The summed E-state index contributed by atoms with van der Waals surface area (Å²) in [6.45, 7) is 3.19. The van der Waals surface area contributed by atoms with Crippen LogP contribution in [0.25, 0.3) is 0 Å². The molecular weight excluding hydrogens is 230 g/mol. The highest BCUT2D eigenvalue weighted by atomic mass is 16.5. The van der Waals surface area contributed by atoms with Crippen LogP contribution in [-0.4, -0.2) is 42.2 Å². The third kappa shape index (κ3) is 2.48. The van der Waals surface area contributed by atoms with Gasteiger partial charge in [0.25, 0.3) is 5.91 Å². The molecule has 0 aliphatic carbocycles. The Labute approximate surface area is 107 Å². The number of amides is 1. The van der Waals surface area contributed by atoms with Crippen LogP contribution in [0, 0.1) is 6.92 Å². The van der Waals surface area contributed by atoms with Gasteiger partial charge < -0.3 is 14.7 Å². The molecule has 0 radical (unpaired) electrons. The highest BCUT2D eigenvalue weighted by molar-refractivity contribution is 5.97. The van der Waals surface area contributed by atoms with Crippen molar-refractivity contribution in [2.24, 2.45) is 0 Å². The monoisotopic (exact) mass is 249 g/mol. The summed E-state index contributed by atoms with van der Waals surface area (Å²) in [6.07, 6.45) is 1.71. The van der Waals surface area contributed by atoms with Gasteiger partial charge in [-0.2, -0.15) is 0 Å². The molecule has 0 spiro atoms. The van der Waals surface area contributed by atoms with Crippen molar-refractivity contribution in [2.75, 3.05) is 20.3 Å². The number of para-hydroxylation sites is 1. The van der Waals surface area contributed by atoms with Crippen molar-refractivity contribution in [3.8, 4) is 5.75 Å². The number of aryl methyl sites for hydroxylation is 1. The van der Waals surface area contributed by atoms with Crippen LogP contribution in [0.15, 0.2) is 18.2 Å². The summed E-state index contributed by atoms with van der Waals surface area (Å²) in [4.78, 5) is 14.1. The maximum atomic E-state index is 12.3. The van der Waals surface area contributed by atoms with Gasteiger partial charge in [-0.15, -0.1) is 0 Å². The summed E-state index contributed by atoms with van der Waals surface area (Å²) in [7, 11) is 1.79. The van der Waals surface area contributed by atoms with E-state index in [1.807, 2.05) is 0 Å². The number of ether oxygens (including phenoxy) is 1. The molecule has 0 saturated carbocycles. The predicted molar refractivity (Wildman–Crippen MR) is 68.8 cm³/mol. The van der Waals surface area contributed by atoms with Crippen LogP contribution < -0.4 is 0 Å². The number of carbonyl (C=O) groups excluding carboxylic acids is 1. The maximum Gasteiger partial charge on any atom is 0.257 e. The number of benzene rings is 1. The minimum absolute atomic E-state index is 0.0846. The van der Waals surface area contributed by atoms with Gasteiger partial charge in [0.05, 0.1) is 5.56 Å². The zero-order chi connectivity index (χ0) is 13.1. The summed E-state index contributed by atoms with van der Waals surface area (Å²) in [5, 5.41) is 9.94. The lowest BCUT2D eigenvalue weighted by Crippen LogP contribution is -2.40. The standard InChI is InChI=1S/C14H19NO3/c1-10-4-3-5-12(13(10)16)14(17)15(2)11-6-8-18-9-7-11/h3-5,11,16H,6-9H2,1-2H3. The van der Waals surface area contributed by atoms with Gasteiger partial charge >= 0.3 is 0 Å². The molecule has 1 N–H and O–H groups in total. The molecular formula is C14H19NO3. The summed E-state index contributed by atoms with van der Waals surface area (Å²) in [5.74, 6) is -0.0375. The topological polar surface area (TPSA) is 49.8 Å². The minimum Gasteiger partial charge on any atom is -0.507 e. The Hall–Kier alpha value is -1.55. The van der Waals surface area contributed by atoms with Crippen molar-refractivity contribution in [2.45, 2.75) is 25.8 Å². The Kier molecular flexibility index (Phi) is 3.87. The molecule has 1 saturated heterocycles. The molecule has 1 aromatic rings. The predicted octanol–water partition coefficient (Wildman–Crippen LogP) is 1.95. The first-order valence-electron chi connectivity index (χ1n) is 6.24. The first-order chi connectivity index (χ1) is 8.61. The Morgan fingerprint density at radius 2 is 2.06 bits per heavy atom. The average Bonchev–Trinajstić information content (AvgIpc) is 2.41. The highest BCUT2D eigenvalue weighted by Gasteiger charge is 2.25. The lowest BCUT2D eigenvalue weighted by Gasteiger charge is -2.31. The lowest BCUT2D eigenvalue weighted by molar-refractivity contribution is 0.0360. The molecule has 0 unspecified atom stereocenters. The van der Waals surface area contributed by atoms with Crippen molar-refractivity contribution in [1.29, 1.82) is 0 Å². The van der Waals surface area contributed by atoms with E-state index in [0.29, 0.717) is 18.8 Å². The van der Waals surface area contributed by atoms with Gasteiger partial charge in [-0.05, 0) is 31.4 Å². The normalized spacial score (nSPS) is 16.6. The molecule has 1 heterocycles. The molecule has 1 aliphatic heterocycles. The van der Waals surface area contributed by atoms with Gasteiger partial charge in [-0.3, -0.25) is 4.79 Å². The van der Waals surface area contributed by atoms with Crippen LogP contribution in [0.4, 0.5) is 0 Å². The summed E-state index contributed by atoms with van der Waals surface area (Å²) >= 11 is 0. The van der Waals surface area contributed by atoms with Crippen molar-refractivity contribution in [3.05, 3.63) is 29.3 Å². The highest BCUT2D eigenvalue weighted by Crippen LogP contribution is 2.24. The Bertz CT molecular complexity index is 439. The second-order valence-corrected chi connectivity index (χ2v) is 4.73.